The van der Waals surface area contributed by atoms with Crippen molar-refractivity contribution in [2.45, 2.75) is 41.5 Å². The van der Waals surface area contributed by atoms with Crippen LogP contribution in [0.1, 0.15) is 37.5 Å². The number of rotatable bonds is 10. The fraction of sp³-hybridized carbons (Fsp3) is 0.297. The van der Waals surface area contributed by atoms with E-state index in [1.807, 2.05) is 136 Å². The monoisotopic (exact) mass is 639 g/mol. The summed E-state index contributed by atoms with van der Waals surface area (Å²) in [5.74, 6) is 0.870. The van der Waals surface area contributed by atoms with E-state index in [0.29, 0.717) is 5.02 Å². The van der Waals surface area contributed by atoms with Crippen molar-refractivity contribution < 1.29 is 4.79 Å². The number of halogens is 1. The molecular weight excluding hydrogens is 594 g/mol. The van der Waals surface area contributed by atoms with Crippen LogP contribution in [0.4, 0.5) is 34.3 Å². The van der Waals surface area contributed by atoms with Crippen LogP contribution in [0.15, 0.2) is 89.0 Å². The van der Waals surface area contributed by atoms with E-state index in [2.05, 4.69) is 28.8 Å². The summed E-state index contributed by atoms with van der Waals surface area (Å²) < 4.78 is 0. The fourth-order valence-electron chi connectivity index (χ4n) is 4.51. The van der Waals surface area contributed by atoms with Gasteiger partial charge >= 0.3 is 0 Å². The standard InChI is InChI=1S/C20H25N3O.C17H21ClN4/c1-6-22(5)14-21-19-12-16(3)20(13-15(19)2)23(17(4)24)18-10-8-7-9-11-18;1-5-21(3)12-20-15-10-13(2)16(11-14(15)18)22(4)17-8-6-7-9-19-17/h7-14H,6H2,1-5H3;6-12H,5H2,1-4H3. The normalized spacial score (nSPS) is 10.9. The van der Waals surface area contributed by atoms with Gasteiger partial charge in [0.1, 0.15) is 5.82 Å². The van der Waals surface area contributed by atoms with Crippen LogP contribution in [0.25, 0.3) is 0 Å². The average Bonchev–Trinajstić information content (AvgIpc) is 3.06. The highest BCUT2D eigenvalue weighted by Crippen LogP contribution is 2.35. The summed E-state index contributed by atoms with van der Waals surface area (Å²) in [7, 11) is 5.95. The Labute approximate surface area is 279 Å². The van der Waals surface area contributed by atoms with Gasteiger partial charge in [-0.1, -0.05) is 35.9 Å². The van der Waals surface area contributed by atoms with Crippen LogP contribution in [0.5, 0.6) is 0 Å². The van der Waals surface area contributed by atoms with E-state index in [1.54, 1.807) is 24.4 Å². The molecule has 3 aromatic carbocycles. The summed E-state index contributed by atoms with van der Waals surface area (Å²) in [5, 5.41) is 0.629. The van der Waals surface area contributed by atoms with Crippen molar-refractivity contribution in [2.24, 2.45) is 9.98 Å². The van der Waals surface area contributed by atoms with Gasteiger partial charge in [-0.15, -0.1) is 0 Å². The molecule has 0 aliphatic rings. The molecule has 8 nitrogen and oxygen atoms in total. The van der Waals surface area contributed by atoms with Crippen LogP contribution in [0, 0.1) is 20.8 Å². The quantitative estimate of drug-likeness (QED) is 0.128. The maximum Gasteiger partial charge on any atom is 0.228 e. The first-order chi connectivity index (χ1) is 22.0. The SMILES string of the molecule is CCN(C)C=Nc1cc(C)c(N(C(C)=O)c2ccccc2)cc1C.CCN(C)C=Nc1cc(C)c(N(C)c2ccccn2)cc1Cl. The van der Waals surface area contributed by atoms with E-state index in [0.717, 1.165) is 64.0 Å². The van der Waals surface area contributed by atoms with Gasteiger partial charge in [-0.2, -0.15) is 0 Å². The number of carbonyl (C=O) groups excluding carboxylic acids is 1. The van der Waals surface area contributed by atoms with E-state index in [9.17, 15) is 4.79 Å². The Morgan fingerprint density at radius 1 is 0.761 bits per heavy atom. The summed E-state index contributed by atoms with van der Waals surface area (Å²) in [5.41, 5.74) is 7.65. The number of aryl methyl sites for hydroxylation is 3. The summed E-state index contributed by atoms with van der Waals surface area (Å²) in [4.78, 5) is 33.4. The van der Waals surface area contributed by atoms with E-state index in [4.69, 9.17) is 11.6 Å². The highest BCUT2D eigenvalue weighted by Gasteiger charge is 2.17. The number of amides is 1. The third kappa shape index (κ3) is 9.65. The molecule has 0 spiro atoms. The van der Waals surface area contributed by atoms with Gasteiger partial charge in [-0.3, -0.25) is 9.69 Å². The van der Waals surface area contributed by atoms with Crippen molar-refractivity contribution in [1.82, 2.24) is 14.8 Å². The second-order valence-electron chi connectivity index (χ2n) is 11.1. The van der Waals surface area contributed by atoms with Gasteiger partial charge < -0.3 is 14.7 Å². The van der Waals surface area contributed by atoms with E-state index in [1.165, 1.54) is 0 Å². The van der Waals surface area contributed by atoms with Gasteiger partial charge in [-0.05, 0) is 99.8 Å². The fourth-order valence-corrected chi connectivity index (χ4v) is 4.72. The minimum atomic E-state index is -0.00864. The second kappa shape index (κ2) is 17.1. The summed E-state index contributed by atoms with van der Waals surface area (Å²) in [6, 6.07) is 23.5. The molecule has 0 unspecified atom stereocenters. The molecule has 0 aliphatic carbocycles. The second-order valence-corrected chi connectivity index (χ2v) is 11.5. The Morgan fingerprint density at radius 2 is 1.33 bits per heavy atom. The highest BCUT2D eigenvalue weighted by atomic mass is 35.5. The zero-order valence-corrected chi connectivity index (χ0v) is 29.2. The minimum absolute atomic E-state index is 0.00864. The maximum atomic E-state index is 12.2. The summed E-state index contributed by atoms with van der Waals surface area (Å²) >= 11 is 6.38. The molecule has 0 saturated heterocycles. The number of carbonyl (C=O) groups is 1. The molecule has 4 aromatic rings. The van der Waals surface area contributed by atoms with Crippen molar-refractivity contribution in [3.63, 3.8) is 0 Å². The van der Waals surface area contributed by atoms with Crippen LogP contribution >= 0.6 is 11.6 Å². The number of hydrogen-bond donors (Lipinski definition) is 0. The molecule has 242 valence electrons. The smallest absolute Gasteiger partial charge is 0.228 e. The Kier molecular flexibility index (Phi) is 13.3. The third-order valence-corrected chi connectivity index (χ3v) is 7.79. The van der Waals surface area contributed by atoms with Crippen LogP contribution in [-0.4, -0.2) is 67.6 Å². The van der Waals surface area contributed by atoms with Gasteiger partial charge in [0.15, 0.2) is 0 Å². The lowest BCUT2D eigenvalue weighted by molar-refractivity contribution is -0.115. The highest BCUT2D eigenvalue weighted by molar-refractivity contribution is 6.33. The lowest BCUT2D eigenvalue weighted by Crippen LogP contribution is -2.23. The van der Waals surface area contributed by atoms with E-state index in [-0.39, 0.29) is 5.91 Å². The molecule has 46 heavy (non-hydrogen) atoms. The van der Waals surface area contributed by atoms with Crippen molar-refractivity contribution in [2.75, 3.05) is 44.0 Å². The first-order valence-corrected chi connectivity index (χ1v) is 15.7. The molecule has 0 bridgehead atoms. The van der Waals surface area contributed by atoms with E-state index < -0.39 is 0 Å². The first kappa shape index (κ1) is 35.8. The zero-order valence-electron chi connectivity index (χ0n) is 28.5. The third-order valence-electron chi connectivity index (χ3n) is 7.49. The summed E-state index contributed by atoms with van der Waals surface area (Å²) in [6.45, 7) is 13.6. The molecule has 9 heteroatoms. The number of aliphatic imine (C=N–C) groups is 2. The number of para-hydroxylation sites is 1. The lowest BCUT2D eigenvalue weighted by atomic mass is 10.1. The maximum absolute atomic E-state index is 12.2. The van der Waals surface area contributed by atoms with Gasteiger partial charge in [0.05, 0.1) is 34.8 Å². The molecule has 1 aromatic heterocycles. The van der Waals surface area contributed by atoms with E-state index >= 15 is 0 Å². The Balaban J connectivity index is 0.000000251. The number of benzene rings is 3. The van der Waals surface area contributed by atoms with Gasteiger partial charge in [0, 0.05) is 58.7 Å². The average molecular weight is 640 g/mol. The molecule has 0 atom stereocenters. The largest absolute Gasteiger partial charge is 0.366 e. The Morgan fingerprint density at radius 3 is 1.89 bits per heavy atom. The number of aromatic nitrogens is 1. The Hall–Kier alpha value is -4.69. The predicted octanol–water partition coefficient (Wildman–Crippen LogP) is 9.02. The molecule has 4 rings (SSSR count). The van der Waals surface area contributed by atoms with Crippen LogP contribution < -0.4 is 9.80 Å². The molecule has 1 heterocycles. The molecule has 0 fully saturated rings. The van der Waals surface area contributed by atoms with Crippen molar-refractivity contribution >= 4 is 64.4 Å². The topological polar surface area (TPSA) is 67.6 Å². The van der Waals surface area contributed by atoms with Crippen LogP contribution in [-0.2, 0) is 4.79 Å². The zero-order chi connectivity index (χ0) is 33.8. The van der Waals surface area contributed by atoms with Crippen molar-refractivity contribution in [1.29, 1.82) is 0 Å². The van der Waals surface area contributed by atoms with Crippen molar-refractivity contribution in [3.05, 3.63) is 101 Å². The van der Waals surface area contributed by atoms with Gasteiger partial charge in [0.25, 0.3) is 0 Å². The molecule has 0 saturated carbocycles. The molecule has 0 radical (unpaired) electrons. The summed E-state index contributed by atoms with van der Waals surface area (Å²) in [6.07, 6.45) is 5.41. The van der Waals surface area contributed by atoms with Crippen LogP contribution in [0.2, 0.25) is 5.02 Å². The molecule has 0 N–H and O–H groups in total. The first-order valence-electron chi connectivity index (χ1n) is 15.4. The van der Waals surface area contributed by atoms with Crippen LogP contribution in [0.3, 0.4) is 0 Å². The van der Waals surface area contributed by atoms with Gasteiger partial charge in [0.2, 0.25) is 5.91 Å². The predicted molar refractivity (Wildman–Crippen MR) is 197 cm³/mol. The molecular formula is C37H46ClN7O. The number of hydrogen-bond acceptors (Lipinski definition) is 5. The molecule has 1 amide bonds. The Bertz CT molecular complexity index is 1640. The number of nitrogens with zero attached hydrogens (tertiary/aromatic N) is 7. The minimum Gasteiger partial charge on any atom is -0.366 e. The number of anilines is 4. The van der Waals surface area contributed by atoms with Crippen molar-refractivity contribution in [3.8, 4) is 0 Å². The lowest BCUT2D eigenvalue weighted by Gasteiger charge is -2.24. The van der Waals surface area contributed by atoms with Gasteiger partial charge in [-0.25, -0.2) is 15.0 Å². The molecule has 0 aliphatic heterocycles. The number of pyridine rings is 1.